The van der Waals surface area contributed by atoms with E-state index in [1.165, 1.54) is 10.8 Å². The van der Waals surface area contributed by atoms with Crippen molar-refractivity contribution in [2.75, 3.05) is 0 Å². The lowest BCUT2D eigenvalue weighted by molar-refractivity contribution is 0.470. The van der Waals surface area contributed by atoms with Crippen LogP contribution in [0.2, 0.25) is 0 Å². The zero-order valence-corrected chi connectivity index (χ0v) is 18.8. The van der Waals surface area contributed by atoms with Gasteiger partial charge in [-0.2, -0.15) is 0 Å². The molecule has 0 saturated carbocycles. The predicted molar refractivity (Wildman–Crippen MR) is 145 cm³/mol. The van der Waals surface area contributed by atoms with Gasteiger partial charge < -0.3 is 14.8 Å². The van der Waals surface area contributed by atoms with Crippen LogP contribution in [0, 0.1) is 0 Å². The maximum absolute atomic E-state index is 11.0. The summed E-state index contributed by atoms with van der Waals surface area (Å²) in [6.07, 6.45) is 0. The van der Waals surface area contributed by atoms with E-state index in [2.05, 4.69) is 65.2 Å². The van der Waals surface area contributed by atoms with Gasteiger partial charge in [-0.15, -0.1) is 0 Å². The number of phenolic OH excluding ortho intramolecular Hbond substituents is 2. The lowest BCUT2D eigenvalue weighted by Crippen LogP contribution is -1.94. The van der Waals surface area contributed by atoms with E-state index < -0.39 is 0 Å². The molecule has 0 atom stereocenters. The molecule has 0 unspecified atom stereocenters. The Morgan fingerprint density at radius 3 is 1.60 bits per heavy atom. The molecule has 0 bridgehead atoms. The Bertz CT molecular complexity index is 1880. The van der Waals surface area contributed by atoms with Crippen LogP contribution < -0.4 is 0 Å². The second-order valence-electron chi connectivity index (χ2n) is 8.92. The minimum Gasteiger partial charge on any atom is -0.507 e. The Kier molecular flexibility index (Phi) is 4.15. The number of para-hydroxylation sites is 2. The number of hydrogen-bond acceptors (Lipinski definition) is 2. The molecular weight excluding hydrogens is 430 g/mol. The molecule has 0 aliphatic carbocycles. The molecule has 0 spiro atoms. The van der Waals surface area contributed by atoms with E-state index in [4.69, 9.17) is 0 Å². The maximum Gasteiger partial charge on any atom is 0.124 e. The summed E-state index contributed by atoms with van der Waals surface area (Å²) in [7, 11) is 0. The smallest absolute Gasteiger partial charge is 0.124 e. The minimum absolute atomic E-state index is 0.147. The SMILES string of the molecule is Oc1ccc2ccccc2c1-c1c(O)ccc2cc(-n3c4ccccc4c4ccccc43)ccc12. The van der Waals surface area contributed by atoms with Crippen LogP contribution in [0.1, 0.15) is 0 Å². The van der Waals surface area contributed by atoms with Gasteiger partial charge in [-0.05, 0) is 57.9 Å². The van der Waals surface area contributed by atoms with Crippen molar-refractivity contribution in [2.45, 2.75) is 0 Å². The Morgan fingerprint density at radius 1 is 0.429 bits per heavy atom. The predicted octanol–water partition coefficient (Wildman–Crippen LogP) is 8.17. The molecular formula is C32H21NO2. The van der Waals surface area contributed by atoms with Gasteiger partial charge in [-0.1, -0.05) is 78.9 Å². The van der Waals surface area contributed by atoms with Crippen molar-refractivity contribution in [3.8, 4) is 28.3 Å². The van der Waals surface area contributed by atoms with Crippen molar-refractivity contribution in [3.05, 3.63) is 115 Å². The van der Waals surface area contributed by atoms with Gasteiger partial charge in [0, 0.05) is 27.6 Å². The fraction of sp³-hybridized carbons (Fsp3) is 0. The zero-order chi connectivity index (χ0) is 23.5. The molecule has 0 amide bonds. The molecule has 0 aliphatic rings. The van der Waals surface area contributed by atoms with Crippen LogP contribution in [-0.4, -0.2) is 14.8 Å². The molecule has 7 rings (SSSR count). The van der Waals surface area contributed by atoms with Crippen LogP contribution in [-0.2, 0) is 0 Å². The Labute approximate surface area is 201 Å². The summed E-state index contributed by atoms with van der Waals surface area (Å²) < 4.78 is 2.28. The zero-order valence-electron chi connectivity index (χ0n) is 18.8. The number of benzene rings is 6. The van der Waals surface area contributed by atoms with Crippen LogP contribution in [0.3, 0.4) is 0 Å². The second-order valence-corrected chi connectivity index (χ2v) is 8.92. The van der Waals surface area contributed by atoms with Crippen molar-refractivity contribution in [1.29, 1.82) is 0 Å². The summed E-state index contributed by atoms with van der Waals surface area (Å²) in [6.45, 7) is 0. The van der Waals surface area contributed by atoms with Crippen LogP contribution in [0.15, 0.2) is 115 Å². The minimum atomic E-state index is 0.147. The van der Waals surface area contributed by atoms with E-state index in [-0.39, 0.29) is 11.5 Å². The van der Waals surface area contributed by atoms with E-state index in [1.54, 1.807) is 12.1 Å². The molecule has 0 fully saturated rings. The number of aromatic hydroxyl groups is 2. The fourth-order valence-corrected chi connectivity index (χ4v) is 5.43. The first-order valence-electron chi connectivity index (χ1n) is 11.7. The molecule has 0 saturated heterocycles. The molecule has 35 heavy (non-hydrogen) atoms. The summed E-state index contributed by atoms with van der Waals surface area (Å²) in [5, 5.41) is 28.1. The van der Waals surface area contributed by atoms with Crippen LogP contribution >= 0.6 is 0 Å². The Hall–Kier alpha value is -4.76. The third-order valence-corrected chi connectivity index (χ3v) is 6.98. The van der Waals surface area contributed by atoms with E-state index in [9.17, 15) is 10.2 Å². The van der Waals surface area contributed by atoms with Gasteiger partial charge in [-0.25, -0.2) is 0 Å². The van der Waals surface area contributed by atoms with Gasteiger partial charge in [0.05, 0.1) is 11.0 Å². The first-order valence-corrected chi connectivity index (χ1v) is 11.7. The number of nitrogens with zero attached hydrogens (tertiary/aromatic N) is 1. The third-order valence-electron chi connectivity index (χ3n) is 6.98. The molecule has 2 N–H and O–H groups in total. The van der Waals surface area contributed by atoms with Gasteiger partial charge in [0.15, 0.2) is 0 Å². The topological polar surface area (TPSA) is 45.4 Å². The van der Waals surface area contributed by atoms with Crippen molar-refractivity contribution in [1.82, 2.24) is 4.57 Å². The van der Waals surface area contributed by atoms with Gasteiger partial charge in [0.25, 0.3) is 0 Å². The van der Waals surface area contributed by atoms with E-state index in [0.717, 1.165) is 38.3 Å². The molecule has 166 valence electrons. The molecule has 1 heterocycles. The van der Waals surface area contributed by atoms with Gasteiger partial charge in [0.2, 0.25) is 0 Å². The first-order chi connectivity index (χ1) is 17.2. The molecule has 0 radical (unpaired) electrons. The van der Waals surface area contributed by atoms with E-state index >= 15 is 0 Å². The van der Waals surface area contributed by atoms with E-state index in [1.807, 2.05) is 42.5 Å². The van der Waals surface area contributed by atoms with Crippen LogP contribution in [0.4, 0.5) is 0 Å². The van der Waals surface area contributed by atoms with E-state index in [0.29, 0.717) is 11.1 Å². The van der Waals surface area contributed by atoms with Gasteiger partial charge >= 0.3 is 0 Å². The number of rotatable bonds is 2. The summed E-state index contributed by atoms with van der Waals surface area (Å²) in [5.74, 6) is 0.298. The average Bonchev–Trinajstić information content (AvgIpc) is 3.24. The maximum atomic E-state index is 11.0. The number of hydrogen-bond donors (Lipinski definition) is 2. The molecule has 3 nitrogen and oxygen atoms in total. The fourth-order valence-electron chi connectivity index (χ4n) is 5.43. The lowest BCUT2D eigenvalue weighted by atomic mass is 9.92. The van der Waals surface area contributed by atoms with Crippen LogP contribution in [0.5, 0.6) is 11.5 Å². The van der Waals surface area contributed by atoms with Crippen molar-refractivity contribution >= 4 is 43.4 Å². The number of aromatic nitrogens is 1. The number of phenols is 2. The average molecular weight is 452 g/mol. The van der Waals surface area contributed by atoms with Crippen LogP contribution in [0.25, 0.3) is 60.2 Å². The van der Waals surface area contributed by atoms with Crippen molar-refractivity contribution < 1.29 is 10.2 Å². The quantitative estimate of drug-likeness (QED) is 0.278. The highest BCUT2D eigenvalue weighted by Gasteiger charge is 2.18. The highest BCUT2D eigenvalue weighted by Crippen LogP contribution is 2.45. The highest BCUT2D eigenvalue weighted by molar-refractivity contribution is 6.11. The van der Waals surface area contributed by atoms with Gasteiger partial charge in [0.1, 0.15) is 11.5 Å². The third kappa shape index (κ3) is 2.85. The summed E-state index contributed by atoms with van der Waals surface area (Å²) in [6, 6.07) is 38.4. The molecule has 0 aliphatic heterocycles. The monoisotopic (exact) mass is 451 g/mol. The second kappa shape index (κ2) is 7.37. The Balaban J connectivity index is 1.53. The molecule has 1 aromatic heterocycles. The highest BCUT2D eigenvalue weighted by atomic mass is 16.3. The summed E-state index contributed by atoms with van der Waals surface area (Å²) in [5.41, 5.74) is 4.65. The summed E-state index contributed by atoms with van der Waals surface area (Å²) >= 11 is 0. The van der Waals surface area contributed by atoms with Crippen molar-refractivity contribution in [2.24, 2.45) is 0 Å². The molecule has 6 aromatic carbocycles. The molecule has 7 aromatic rings. The van der Waals surface area contributed by atoms with Gasteiger partial charge in [-0.3, -0.25) is 0 Å². The Morgan fingerprint density at radius 2 is 0.943 bits per heavy atom. The number of fused-ring (bicyclic) bond motifs is 5. The standard InChI is InChI=1S/C32H21NO2/c34-29-17-13-20-7-1-2-8-23(20)31(29)32-24-16-15-22(19-21(24)14-18-30(32)35)33-27-11-5-3-9-25(27)26-10-4-6-12-28(26)33/h1-19,34-35H. The lowest BCUT2D eigenvalue weighted by Gasteiger charge is -2.15. The normalized spacial score (nSPS) is 11.7. The molecule has 3 heteroatoms. The largest absolute Gasteiger partial charge is 0.507 e. The first kappa shape index (κ1) is 19.7. The summed E-state index contributed by atoms with van der Waals surface area (Å²) in [4.78, 5) is 0. The van der Waals surface area contributed by atoms with Crippen molar-refractivity contribution in [3.63, 3.8) is 0 Å².